The van der Waals surface area contributed by atoms with Crippen molar-refractivity contribution in [2.75, 3.05) is 11.5 Å². The van der Waals surface area contributed by atoms with Gasteiger partial charge in [-0.15, -0.1) is 0 Å². The van der Waals surface area contributed by atoms with Gasteiger partial charge in [-0.2, -0.15) is 5.26 Å². The summed E-state index contributed by atoms with van der Waals surface area (Å²) in [5, 5.41) is 8.70. The summed E-state index contributed by atoms with van der Waals surface area (Å²) in [6.45, 7) is 1.61. The van der Waals surface area contributed by atoms with Gasteiger partial charge in [0.05, 0.1) is 28.9 Å². The third kappa shape index (κ3) is 4.27. The van der Waals surface area contributed by atoms with Crippen molar-refractivity contribution in [2.45, 2.75) is 24.6 Å². The lowest BCUT2D eigenvalue weighted by atomic mass is 10.0. The van der Waals surface area contributed by atoms with E-state index in [-0.39, 0.29) is 23.7 Å². The van der Waals surface area contributed by atoms with Crippen LogP contribution in [0.15, 0.2) is 24.3 Å². The zero-order valence-electron chi connectivity index (χ0n) is 11.5. The molecule has 1 fully saturated rings. The van der Waals surface area contributed by atoms with Gasteiger partial charge in [0.25, 0.3) is 0 Å². The van der Waals surface area contributed by atoms with Gasteiger partial charge in [0.15, 0.2) is 9.84 Å². The number of sulfonamides is 1. The van der Waals surface area contributed by atoms with E-state index in [0.717, 1.165) is 0 Å². The van der Waals surface area contributed by atoms with Crippen LogP contribution in [0, 0.1) is 11.3 Å². The van der Waals surface area contributed by atoms with Crippen LogP contribution in [0.1, 0.15) is 24.5 Å². The van der Waals surface area contributed by atoms with Gasteiger partial charge in [-0.25, -0.2) is 21.6 Å². The summed E-state index contributed by atoms with van der Waals surface area (Å²) < 4.78 is 49.8. The Balaban J connectivity index is 2.10. The lowest BCUT2D eigenvalue weighted by Crippen LogP contribution is -2.47. The largest absolute Gasteiger partial charge is 0.229 e. The number of nitrogens with one attached hydrogen (secondary N) is 1. The van der Waals surface area contributed by atoms with E-state index in [2.05, 4.69) is 4.72 Å². The summed E-state index contributed by atoms with van der Waals surface area (Å²) in [5.41, 5.74) is 0.0634. The predicted octanol–water partition coefficient (Wildman–Crippen LogP) is 0.555. The molecule has 0 bridgehead atoms. The van der Waals surface area contributed by atoms with Crippen LogP contribution in [0.25, 0.3) is 0 Å². The quantitative estimate of drug-likeness (QED) is 0.869. The van der Waals surface area contributed by atoms with E-state index < -0.39 is 25.4 Å². The molecule has 6 nitrogen and oxygen atoms in total. The van der Waals surface area contributed by atoms with Crippen molar-refractivity contribution >= 4 is 19.9 Å². The number of benzene rings is 1. The van der Waals surface area contributed by atoms with Gasteiger partial charge < -0.3 is 0 Å². The Kier molecular flexibility index (Phi) is 4.10. The van der Waals surface area contributed by atoms with E-state index in [1.54, 1.807) is 31.2 Å². The first kappa shape index (κ1) is 15.9. The molecule has 0 spiro atoms. The number of nitrogens with zero attached hydrogens (tertiary/aromatic N) is 1. The Morgan fingerprint density at radius 2 is 1.95 bits per heavy atom. The van der Waals surface area contributed by atoms with Crippen LogP contribution < -0.4 is 4.72 Å². The zero-order valence-corrected chi connectivity index (χ0v) is 13.2. The minimum atomic E-state index is -3.64. The van der Waals surface area contributed by atoms with E-state index >= 15 is 0 Å². The van der Waals surface area contributed by atoms with Crippen molar-refractivity contribution in [2.24, 2.45) is 0 Å². The highest BCUT2D eigenvalue weighted by Crippen LogP contribution is 2.24. The molecule has 1 unspecified atom stereocenters. The first-order chi connectivity index (χ1) is 9.63. The molecule has 1 aliphatic heterocycles. The van der Waals surface area contributed by atoms with Crippen molar-refractivity contribution in [3.63, 3.8) is 0 Å². The number of rotatable bonds is 4. The standard InChI is InChI=1S/C13H16N2O4S2/c1-13(6-7-20(16,17)10-13)15-21(18,19)9-12-4-2-11(8-14)3-5-12/h2-5,15H,6-7,9-10H2,1H3. The smallest absolute Gasteiger partial charge is 0.216 e. The first-order valence-corrected chi connectivity index (χ1v) is 9.82. The van der Waals surface area contributed by atoms with Crippen molar-refractivity contribution in [3.8, 4) is 6.07 Å². The summed E-state index contributed by atoms with van der Waals surface area (Å²) in [5.74, 6) is -0.413. The second kappa shape index (κ2) is 5.40. The normalized spacial score (nSPS) is 24.6. The Labute approximate surface area is 124 Å². The van der Waals surface area contributed by atoms with Gasteiger partial charge in [-0.05, 0) is 31.0 Å². The second-order valence-corrected chi connectivity index (χ2v) is 9.48. The monoisotopic (exact) mass is 328 g/mol. The Hall–Kier alpha value is -1.43. The van der Waals surface area contributed by atoms with Crippen LogP contribution in [0.2, 0.25) is 0 Å². The average Bonchev–Trinajstić information content (AvgIpc) is 2.62. The summed E-state index contributed by atoms with van der Waals surface area (Å²) in [6, 6.07) is 8.21. The molecule has 21 heavy (non-hydrogen) atoms. The zero-order chi connectivity index (χ0) is 15.7. The fraction of sp³-hybridized carbons (Fsp3) is 0.462. The fourth-order valence-electron chi connectivity index (χ4n) is 2.40. The second-order valence-electron chi connectivity index (χ2n) is 5.57. The number of nitriles is 1. The molecular formula is C13H16N2O4S2. The number of sulfone groups is 1. The molecule has 1 atom stereocenters. The molecule has 114 valence electrons. The van der Waals surface area contributed by atoms with Gasteiger partial charge in [0.2, 0.25) is 10.0 Å². The molecule has 0 aromatic heterocycles. The van der Waals surface area contributed by atoms with Gasteiger partial charge in [-0.3, -0.25) is 0 Å². The molecule has 0 saturated carbocycles. The van der Waals surface area contributed by atoms with Crippen LogP contribution in [0.4, 0.5) is 0 Å². The van der Waals surface area contributed by atoms with Crippen molar-refractivity contribution in [1.82, 2.24) is 4.72 Å². The molecule has 1 N–H and O–H groups in total. The average molecular weight is 328 g/mol. The minimum absolute atomic E-state index is 0.00286. The van der Waals surface area contributed by atoms with Crippen molar-refractivity contribution < 1.29 is 16.8 Å². The Bertz CT molecular complexity index is 776. The molecule has 8 heteroatoms. The molecule has 0 radical (unpaired) electrons. The molecule has 2 rings (SSSR count). The maximum atomic E-state index is 12.2. The lowest BCUT2D eigenvalue weighted by molar-refractivity contribution is 0.461. The molecule has 1 aromatic rings. The topological polar surface area (TPSA) is 104 Å². The summed E-state index contributed by atoms with van der Waals surface area (Å²) in [4.78, 5) is 0. The first-order valence-electron chi connectivity index (χ1n) is 6.34. The highest BCUT2D eigenvalue weighted by molar-refractivity contribution is 7.92. The van der Waals surface area contributed by atoms with Gasteiger partial charge in [-0.1, -0.05) is 12.1 Å². The number of hydrogen-bond acceptors (Lipinski definition) is 5. The maximum absolute atomic E-state index is 12.2. The molecular weight excluding hydrogens is 312 g/mol. The van der Waals surface area contributed by atoms with Crippen LogP contribution in [-0.4, -0.2) is 33.9 Å². The fourth-order valence-corrected chi connectivity index (χ4v) is 6.21. The third-order valence-corrected chi connectivity index (χ3v) is 6.77. The lowest BCUT2D eigenvalue weighted by Gasteiger charge is -2.23. The predicted molar refractivity (Wildman–Crippen MR) is 78.6 cm³/mol. The van der Waals surface area contributed by atoms with Crippen molar-refractivity contribution in [3.05, 3.63) is 35.4 Å². The summed E-state index contributed by atoms with van der Waals surface area (Å²) >= 11 is 0. The number of hydrogen-bond donors (Lipinski definition) is 1. The minimum Gasteiger partial charge on any atom is -0.229 e. The SMILES string of the molecule is CC1(NS(=O)(=O)Cc2ccc(C#N)cc2)CCS(=O)(=O)C1. The van der Waals surface area contributed by atoms with E-state index in [0.29, 0.717) is 11.1 Å². The van der Waals surface area contributed by atoms with Crippen LogP contribution in [-0.2, 0) is 25.6 Å². The third-order valence-electron chi connectivity index (χ3n) is 3.34. The van der Waals surface area contributed by atoms with E-state index in [1.807, 2.05) is 6.07 Å². The molecule has 1 aliphatic rings. The Morgan fingerprint density at radius 3 is 2.43 bits per heavy atom. The molecule has 1 saturated heterocycles. The molecule has 1 heterocycles. The highest BCUT2D eigenvalue weighted by atomic mass is 32.2. The van der Waals surface area contributed by atoms with Gasteiger partial charge >= 0.3 is 0 Å². The van der Waals surface area contributed by atoms with Crippen molar-refractivity contribution in [1.29, 1.82) is 5.26 Å². The molecule has 0 aliphatic carbocycles. The molecule has 0 amide bonds. The summed E-state index contributed by atoms with van der Waals surface area (Å²) in [6.07, 6.45) is 0.280. The Morgan fingerprint density at radius 1 is 1.33 bits per heavy atom. The van der Waals surface area contributed by atoms with Crippen LogP contribution in [0.5, 0.6) is 0 Å². The summed E-state index contributed by atoms with van der Waals surface area (Å²) in [7, 11) is -6.81. The van der Waals surface area contributed by atoms with Crippen LogP contribution in [0.3, 0.4) is 0 Å². The van der Waals surface area contributed by atoms with Gasteiger partial charge in [0, 0.05) is 5.54 Å². The van der Waals surface area contributed by atoms with E-state index in [9.17, 15) is 16.8 Å². The highest BCUT2D eigenvalue weighted by Gasteiger charge is 2.40. The van der Waals surface area contributed by atoms with Gasteiger partial charge in [0.1, 0.15) is 0 Å². The van der Waals surface area contributed by atoms with Crippen LogP contribution >= 0.6 is 0 Å². The van der Waals surface area contributed by atoms with E-state index in [1.165, 1.54) is 0 Å². The maximum Gasteiger partial charge on any atom is 0.216 e. The van der Waals surface area contributed by atoms with E-state index in [4.69, 9.17) is 5.26 Å². The molecule has 1 aromatic carbocycles.